The molecule has 0 saturated carbocycles. The van der Waals surface area contributed by atoms with Gasteiger partial charge in [-0.15, -0.1) is 0 Å². The third-order valence-electron chi connectivity index (χ3n) is 3.09. The molecular formula is C16H31KN2S2. The van der Waals surface area contributed by atoms with Gasteiger partial charge in [0.2, 0.25) is 0 Å². The van der Waals surface area contributed by atoms with Crippen molar-refractivity contribution in [2.75, 3.05) is 38.1 Å². The summed E-state index contributed by atoms with van der Waals surface area (Å²) in [7, 11) is 2.09. The molecule has 5 heteroatoms. The largest absolute Gasteiger partial charge is 1.00 e. The zero-order chi connectivity index (χ0) is 14.8. The summed E-state index contributed by atoms with van der Waals surface area (Å²) in [5.41, 5.74) is 1.14. The monoisotopic (exact) mass is 354 g/mol. The van der Waals surface area contributed by atoms with Gasteiger partial charge in [0.05, 0.1) is 14.7 Å². The van der Waals surface area contributed by atoms with Crippen LogP contribution in [0.4, 0.5) is 5.69 Å². The number of hydrogen-bond acceptors (Lipinski definition) is 4. The third-order valence-corrected chi connectivity index (χ3v) is 3.97. The fourth-order valence-electron chi connectivity index (χ4n) is 1.98. The van der Waals surface area contributed by atoms with Crippen LogP contribution in [0.15, 0.2) is 6.07 Å². The van der Waals surface area contributed by atoms with Crippen molar-refractivity contribution < 1.29 is 51.4 Å². The van der Waals surface area contributed by atoms with E-state index in [9.17, 15) is 0 Å². The minimum atomic E-state index is 0. The van der Waals surface area contributed by atoms with Crippen molar-refractivity contribution in [2.24, 2.45) is 0 Å². The van der Waals surface area contributed by atoms with Gasteiger partial charge in [0, 0.05) is 13.6 Å². The summed E-state index contributed by atoms with van der Waals surface area (Å²) < 4.78 is 1.70. The molecule has 21 heavy (non-hydrogen) atoms. The Labute approximate surface area is 185 Å². The van der Waals surface area contributed by atoms with Crippen molar-refractivity contribution in [3.8, 4) is 0 Å². The zero-order valence-corrected chi connectivity index (χ0v) is 19.8. The SMILES string of the molecule is CC.CCCN(CC)CCCN(C)c1cc(=S)c1=S.[CH3-].[K+]. The zero-order valence-electron chi connectivity index (χ0n) is 15.0. The average Bonchev–Trinajstić information content (AvgIpc) is 2.45. The van der Waals surface area contributed by atoms with Gasteiger partial charge in [-0.25, -0.2) is 0 Å². The first-order valence-electron chi connectivity index (χ1n) is 7.34. The molecule has 1 rings (SSSR count). The van der Waals surface area contributed by atoms with Gasteiger partial charge < -0.3 is 17.2 Å². The van der Waals surface area contributed by atoms with Crippen LogP contribution < -0.4 is 56.3 Å². The summed E-state index contributed by atoms with van der Waals surface area (Å²) in [5.74, 6) is 0. The molecule has 0 aliphatic rings. The van der Waals surface area contributed by atoms with E-state index >= 15 is 0 Å². The molecule has 2 nitrogen and oxygen atoms in total. The Morgan fingerprint density at radius 3 is 2.00 bits per heavy atom. The van der Waals surface area contributed by atoms with Crippen molar-refractivity contribution in [3.63, 3.8) is 0 Å². The van der Waals surface area contributed by atoms with Crippen LogP contribution in [0.3, 0.4) is 0 Å². The van der Waals surface area contributed by atoms with Gasteiger partial charge in [-0.3, -0.25) is 0 Å². The van der Waals surface area contributed by atoms with E-state index in [2.05, 4.69) is 30.7 Å². The molecule has 0 aliphatic carbocycles. The van der Waals surface area contributed by atoms with Crippen LogP contribution in [-0.4, -0.2) is 38.1 Å². The van der Waals surface area contributed by atoms with E-state index in [1.54, 1.807) is 0 Å². The first-order chi connectivity index (χ1) is 9.10. The van der Waals surface area contributed by atoms with Crippen molar-refractivity contribution in [1.29, 1.82) is 0 Å². The maximum absolute atomic E-state index is 5.21. The van der Waals surface area contributed by atoms with Gasteiger partial charge in [0.1, 0.15) is 0 Å². The summed E-state index contributed by atoms with van der Waals surface area (Å²) in [6.45, 7) is 13.0. The molecule has 0 heterocycles. The Bertz CT molecular complexity index is 414. The molecule has 0 atom stereocenters. The Hall–Kier alpha value is 1.32. The Morgan fingerprint density at radius 2 is 1.62 bits per heavy atom. The van der Waals surface area contributed by atoms with Gasteiger partial charge in [0.25, 0.3) is 0 Å². The van der Waals surface area contributed by atoms with E-state index < -0.39 is 0 Å². The number of hydrogen-bond donors (Lipinski definition) is 0. The van der Waals surface area contributed by atoms with E-state index in [-0.39, 0.29) is 58.8 Å². The molecule has 0 bridgehead atoms. The standard InChI is InChI=1S/C13H22N2S2.C2H6.CH3.K/c1-4-7-15(5-2)9-6-8-14(3)11-10-12(16)13(11)17;1-2;;/h10H,4-9H2,1-3H3;1-2H3;1H3;/q;;-1;+1. The van der Waals surface area contributed by atoms with Crippen molar-refractivity contribution in [3.05, 3.63) is 22.5 Å². The summed E-state index contributed by atoms with van der Waals surface area (Å²) in [4.78, 5) is 4.71. The number of anilines is 1. The predicted molar refractivity (Wildman–Crippen MR) is 98.5 cm³/mol. The van der Waals surface area contributed by atoms with Crippen molar-refractivity contribution in [1.82, 2.24) is 4.90 Å². The summed E-state index contributed by atoms with van der Waals surface area (Å²) in [6.07, 6.45) is 2.41. The molecule has 0 fully saturated rings. The van der Waals surface area contributed by atoms with E-state index in [0.717, 1.165) is 27.8 Å². The molecule has 118 valence electrons. The Kier molecular flexibility index (Phi) is 20.9. The molecule has 0 radical (unpaired) electrons. The van der Waals surface area contributed by atoms with Gasteiger partial charge in [-0.1, -0.05) is 52.1 Å². The van der Waals surface area contributed by atoms with Crippen molar-refractivity contribution in [2.45, 2.75) is 40.5 Å². The fraction of sp³-hybridized carbons (Fsp3) is 0.688. The van der Waals surface area contributed by atoms with Gasteiger partial charge in [-0.2, -0.15) is 0 Å². The molecule has 0 unspecified atom stereocenters. The maximum Gasteiger partial charge on any atom is 1.00 e. The maximum atomic E-state index is 5.21. The van der Waals surface area contributed by atoms with E-state index in [1.165, 1.54) is 25.9 Å². The third kappa shape index (κ3) is 9.92. The van der Waals surface area contributed by atoms with Crippen LogP contribution in [0.1, 0.15) is 40.5 Å². The molecule has 0 N–H and O–H groups in total. The van der Waals surface area contributed by atoms with Gasteiger partial charge in [-0.05, 0) is 38.5 Å². The van der Waals surface area contributed by atoms with Crippen LogP contribution in [0.5, 0.6) is 0 Å². The predicted octanol–water partition coefficient (Wildman–Crippen LogP) is 2.06. The van der Waals surface area contributed by atoms with Crippen LogP contribution >= 0.6 is 24.4 Å². The number of nitrogens with zero attached hydrogens (tertiary/aromatic N) is 2. The van der Waals surface area contributed by atoms with E-state index in [0.29, 0.717) is 0 Å². The second kappa shape index (κ2) is 16.2. The normalized spacial score (nSPS) is 9.43. The fourth-order valence-corrected chi connectivity index (χ4v) is 2.47. The molecule has 0 aliphatic heterocycles. The molecule has 0 spiro atoms. The molecule has 0 aromatic heterocycles. The molecular weight excluding hydrogens is 323 g/mol. The Morgan fingerprint density at radius 1 is 1.05 bits per heavy atom. The summed E-state index contributed by atoms with van der Waals surface area (Å²) in [5, 5.41) is 0. The van der Waals surface area contributed by atoms with Crippen LogP contribution in [0.2, 0.25) is 0 Å². The topological polar surface area (TPSA) is 6.48 Å². The van der Waals surface area contributed by atoms with Gasteiger partial charge >= 0.3 is 51.4 Å². The minimum absolute atomic E-state index is 0. The van der Waals surface area contributed by atoms with Crippen molar-refractivity contribution >= 4 is 30.1 Å². The minimum Gasteiger partial charge on any atom is -0.373 e. The van der Waals surface area contributed by atoms with E-state index in [4.69, 9.17) is 24.4 Å². The smallest absolute Gasteiger partial charge is 0.373 e. The second-order valence-corrected chi connectivity index (χ2v) is 5.28. The molecule has 0 amide bonds. The molecule has 1 aromatic carbocycles. The first-order valence-corrected chi connectivity index (χ1v) is 8.15. The number of rotatable bonds is 8. The summed E-state index contributed by atoms with van der Waals surface area (Å²) >= 11 is 10.3. The first kappa shape index (κ1) is 27.2. The van der Waals surface area contributed by atoms with Gasteiger partial charge in [0.15, 0.2) is 0 Å². The Balaban J connectivity index is -0.000000774. The summed E-state index contributed by atoms with van der Waals surface area (Å²) in [6, 6.07) is 2.00. The van der Waals surface area contributed by atoms with Crippen LogP contribution in [0.25, 0.3) is 0 Å². The molecule has 1 aromatic rings. The average molecular weight is 355 g/mol. The second-order valence-electron chi connectivity index (χ2n) is 4.43. The molecule has 0 saturated heterocycles. The quantitative estimate of drug-likeness (QED) is 0.400. The van der Waals surface area contributed by atoms with Crippen LogP contribution in [0, 0.1) is 16.4 Å². The van der Waals surface area contributed by atoms with E-state index in [1.807, 2.05) is 19.9 Å². The van der Waals surface area contributed by atoms with Crippen LogP contribution in [-0.2, 0) is 0 Å².